The number of nitriles is 1. The summed E-state index contributed by atoms with van der Waals surface area (Å²) in [6.45, 7) is 2.62. The van der Waals surface area contributed by atoms with Gasteiger partial charge in [-0.3, -0.25) is 0 Å². The van der Waals surface area contributed by atoms with Crippen molar-refractivity contribution in [3.05, 3.63) is 60.2 Å². The molecule has 2 aliphatic rings. The van der Waals surface area contributed by atoms with Gasteiger partial charge in [-0.25, -0.2) is 9.59 Å². The lowest BCUT2D eigenvalue weighted by molar-refractivity contribution is -0.0137. The number of carbonyl (C=O) groups is 2. The van der Waals surface area contributed by atoms with E-state index in [2.05, 4.69) is 11.4 Å². The molecule has 1 spiro atoms. The summed E-state index contributed by atoms with van der Waals surface area (Å²) in [5.41, 5.74) is 1.21. The Kier molecular flexibility index (Phi) is 5.09. The fourth-order valence-electron chi connectivity index (χ4n) is 3.91. The lowest BCUT2D eigenvalue weighted by Crippen LogP contribution is -2.63. The summed E-state index contributed by atoms with van der Waals surface area (Å²) >= 11 is 0. The van der Waals surface area contributed by atoms with Crippen LogP contribution < -0.4 is 10.1 Å². The molecule has 2 fully saturated rings. The highest BCUT2D eigenvalue weighted by Gasteiger charge is 2.47. The van der Waals surface area contributed by atoms with E-state index in [4.69, 9.17) is 10.00 Å². The second kappa shape index (κ2) is 7.84. The Morgan fingerprint density at radius 2 is 1.72 bits per heavy atom. The van der Waals surface area contributed by atoms with Crippen molar-refractivity contribution in [2.75, 3.05) is 31.5 Å². The molecule has 2 aromatic rings. The van der Waals surface area contributed by atoms with E-state index in [0.717, 1.165) is 12.8 Å². The van der Waals surface area contributed by atoms with Crippen LogP contribution >= 0.6 is 0 Å². The van der Waals surface area contributed by atoms with E-state index in [1.54, 1.807) is 46.2 Å². The van der Waals surface area contributed by atoms with E-state index in [9.17, 15) is 9.59 Å². The zero-order valence-corrected chi connectivity index (χ0v) is 16.0. The first-order chi connectivity index (χ1) is 14.1. The number of nitrogens with zero attached hydrogens (tertiary/aromatic N) is 3. The van der Waals surface area contributed by atoms with Crippen LogP contribution in [-0.4, -0.2) is 48.1 Å². The summed E-state index contributed by atoms with van der Waals surface area (Å²) in [6.07, 6.45) is 1.38. The summed E-state index contributed by atoms with van der Waals surface area (Å²) in [5.74, 6) is 0.546. The summed E-state index contributed by atoms with van der Waals surface area (Å²) < 4.78 is 5.41. The van der Waals surface area contributed by atoms with Crippen LogP contribution in [0.3, 0.4) is 0 Å². The van der Waals surface area contributed by atoms with Crippen LogP contribution in [0.5, 0.6) is 5.75 Å². The first kappa shape index (κ1) is 18.8. The van der Waals surface area contributed by atoms with Crippen molar-refractivity contribution >= 4 is 17.8 Å². The van der Waals surface area contributed by atoms with Crippen molar-refractivity contribution in [3.63, 3.8) is 0 Å². The topological polar surface area (TPSA) is 85.7 Å². The molecule has 3 amide bonds. The molecule has 7 heteroatoms. The highest BCUT2D eigenvalue weighted by Crippen LogP contribution is 2.40. The van der Waals surface area contributed by atoms with Gasteiger partial charge < -0.3 is 19.9 Å². The summed E-state index contributed by atoms with van der Waals surface area (Å²) in [4.78, 5) is 28.3. The zero-order valence-electron chi connectivity index (χ0n) is 16.0. The van der Waals surface area contributed by atoms with E-state index in [-0.39, 0.29) is 17.5 Å². The SMILES string of the molecule is N#Cc1cccc(NC(=O)N2CC3(CCN(C(=O)Oc4ccccc4)CC3)C2)c1. The highest BCUT2D eigenvalue weighted by molar-refractivity contribution is 5.90. The number of amides is 3. The van der Waals surface area contributed by atoms with Gasteiger partial charge >= 0.3 is 12.1 Å². The predicted molar refractivity (Wildman–Crippen MR) is 107 cm³/mol. The van der Waals surface area contributed by atoms with Crippen molar-refractivity contribution < 1.29 is 14.3 Å². The molecule has 0 bridgehead atoms. The molecule has 0 saturated carbocycles. The molecule has 2 heterocycles. The smallest absolute Gasteiger partial charge is 0.410 e. The molecule has 4 rings (SSSR count). The maximum atomic E-state index is 12.4. The first-order valence-corrected chi connectivity index (χ1v) is 9.65. The van der Waals surface area contributed by atoms with Crippen LogP contribution in [0.1, 0.15) is 18.4 Å². The average Bonchev–Trinajstić information content (AvgIpc) is 2.73. The van der Waals surface area contributed by atoms with Gasteiger partial charge in [-0.2, -0.15) is 5.26 Å². The minimum atomic E-state index is -0.322. The maximum absolute atomic E-state index is 12.4. The number of benzene rings is 2. The Balaban J connectivity index is 1.25. The molecule has 1 N–H and O–H groups in total. The molecule has 0 radical (unpaired) electrons. The van der Waals surface area contributed by atoms with E-state index in [1.165, 1.54) is 0 Å². The predicted octanol–water partition coefficient (Wildman–Crippen LogP) is 3.69. The lowest BCUT2D eigenvalue weighted by Gasteiger charge is -2.53. The van der Waals surface area contributed by atoms with Crippen LogP contribution in [0.25, 0.3) is 0 Å². The molecular formula is C22H22N4O3. The van der Waals surface area contributed by atoms with Gasteiger partial charge in [0, 0.05) is 37.3 Å². The second-order valence-electron chi connectivity index (χ2n) is 7.65. The quantitative estimate of drug-likeness (QED) is 0.847. The molecule has 148 valence electrons. The number of carbonyl (C=O) groups excluding carboxylic acids is 2. The monoisotopic (exact) mass is 390 g/mol. The molecule has 0 aliphatic carbocycles. The Bertz CT molecular complexity index is 938. The molecule has 0 aromatic heterocycles. The van der Waals surface area contributed by atoms with E-state index >= 15 is 0 Å². The van der Waals surface area contributed by atoms with Crippen molar-refractivity contribution in [2.24, 2.45) is 5.41 Å². The van der Waals surface area contributed by atoms with Crippen LogP contribution in [0.4, 0.5) is 15.3 Å². The number of anilines is 1. The van der Waals surface area contributed by atoms with Gasteiger partial charge in [0.1, 0.15) is 5.75 Å². The van der Waals surface area contributed by atoms with Crippen molar-refractivity contribution in [3.8, 4) is 11.8 Å². The van der Waals surface area contributed by atoms with Crippen molar-refractivity contribution in [1.82, 2.24) is 9.80 Å². The first-order valence-electron chi connectivity index (χ1n) is 9.65. The number of urea groups is 1. The van der Waals surface area contributed by atoms with Crippen LogP contribution in [-0.2, 0) is 0 Å². The Hall–Kier alpha value is -3.53. The molecule has 2 aliphatic heterocycles. The third-order valence-corrected chi connectivity index (χ3v) is 5.61. The van der Waals surface area contributed by atoms with Crippen molar-refractivity contribution in [2.45, 2.75) is 12.8 Å². The largest absolute Gasteiger partial charge is 0.415 e. The summed E-state index contributed by atoms with van der Waals surface area (Å²) in [7, 11) is 0. The molecule has 7 nitrogen and oxygen atoms in total. The Morgan fingerprint density at radius 3 is 2.41 bits per heavy atom. The van der Waals surface area contributed by atoms with E-state index in [1.807, 2.05) is 18.2 Å². The third kappa shape index (κ3) is 4.16. The number of para-hydroxylation sites is 1. The number of nitrogens with one attached hydrogen (secondary N) is 1. The van der Waals surface area contributed by atoms with Gasteiger partial charge in [0.25, 0.3) is 0 Å². The fraction of sp³-hybridized carbons (Fsp3) is 0.318. The normalized spacial score (nSPS) is 17.2. The third-order valence-electron chi connectivity index (χ3n) is 5.61. The van der Waals surface area contributed by atoms with E-state index in [0.29, 0.717) is 43.2 Å². The summed E-state index contributed by atoms with van der Waals surface area (Å²) in [6, 6.07) is 17.8. The Morgan fingerprint density at radius 1 is 1.00 bits per heavy atom. The van der Waals surface area contributed by atoms with E-state index < -0.39 is 0 Å². The number of likely N-dealkylation sites (tertiary alicyclic amines) is 2. The second-order valence-corrected chi connectivity index (χ2v) is 7.65. The molecule has 0 atom stereocenters. The number of piperidine rings is 1. The molecular weight excluding hydrogens is 368 g/mol. The van der Waals surface area contributed by atoms with Gasteiger partial charge in [-0.1, -0.05) is 24.3 Å². The molecule has 29 heavy (non-hydrogen) atoms. The zero-order chi connectivity index (χ0) is 20.3. The number of hydrogen-bond donors (Lipinski definition) is 1. The molecule has 0 unspecified atom stereocenters. The van der Waals surface area contributed by atoms with Gasteiger partial charge in [0.05, 0.1) is 11.6 Å². The number of rotatable bonds is 2. The van der Waals surface area contributed by atoms with Crippen LogP contribution in [0.2, 0.25) is 0 Å². The summed E-state index contributed by atoms with van der Waals surface area (Å²) in [5, 5.41) is 11.8. The fourth-order valence-corrected chi connectivity index (χ4v) is 3.91. The Labute approximate surface area is 169 Å². The molecule has 2 saturated heterocycles. The minimum absolute atomic E-state index is 0.0787. The van der Waals surface area contributed by atoms with Gasteiger partial charge in [0.2, 0.25) is 0 Å². The lowest BCUT2D eigenvalue weighted by atomic mass is 9.72. The highest BCUT2D eigenvalue weighted by atomic mass is 16.6. The van der Waals surface area contributed by atoms with Crippen molar-refractivity contribution in [1.29, 1.82) is 5.26 Å². The maximum Gasteiger partial charge on any atom is 0.415 e. The standard InChI is InChI=1S/C22H22N4O3/c23-14-17-5-4-6-18(13-17)24-20(27)26-15-22(16-26)9-11-25(12-10-22)21(28)29-19-7-2-1-3-8-19/h1-8,13H,9-12,15-16H2,(H,24,27). The minimum Gasteiger partial charge on any atom is -0.410 e. The van der Waals surface area contributed by atoms with Gasteiger partial charge in [-0.15, -0.1) is 0 Å². The number of ether oxygens (including phenoxy) is 1. The van der Waals surface area contributed by atoms with Gasteiger partial charge in [-0.05, 0) is 43.2 Å². The van der Waals surface area contributed by atoms with Crippen LogP contribution in [0, 0.1) is 16.7 Å². The average molecular weight is 390 g/mol. The molecule has 2 aromatic carbocycles. The van der Waals surface area contributed by atoms with Gasteiger partial charge in [0.15, 0.2) is 0 Å². The van der Waals surface area contributed by atoms with Crippen LogP contribution in [0.15, 0.2) is 54.6 Å². The number of hydrogen-bond acceptors (Lipinski definition) is 4.